The Morgan fingerprint density at radius 2 is 1.94 bits per heavy atom. The molecule has 1 heterocycles. The smallest absolute Gasteiger partial charge is 0.250 e. The number of nitrogens with zero attached hydrogens (tertiary/aromatic N) is 1. The number of amides is 1. The Hall–Kier alpha value is -0.760. The van der Waals surface area contributed by atoms with Gasteiger partial charge in [-0.2, -0.15) is 0 Å². The van der Waals surface area contributed by atoms with Gasteiger partial charge < -0.3 is 4.90 Å². The standard InChI is InChI=1S/C13H17ClNO/c1-9-3-4-10(2)15(9)13(16)11-5-7-12(14)8-6-11/h5-7,9-10H,3-4,8H2,1-2H3. The van der Waals surface area contributed by atoms with Gasteiger partial charge in [-0.15, -0.1) is 0 Å². The summed E-state index contributed by atoms with van der Waals surface area (Å²) in [5.41, 5.74) is 0.782. The highest BCUT2D eigenvalue weighted by Gasteiger charge is 2.32. The van der Waals surface area contributed by atoms with Crippen molar-refractivity contribution in [2.45, 2.75) is 45.2 Å². The molecule has 2 atom stereocenters. The summed E-state index contributed by atoms with van der Waals surface area (Å²) in [6, 6.07) is 0.719. The molecule has 87 valence electrons. The zero-order valence-corrected chi connectivity index (χ0v) is 10.5. The number of likely N-dealkylation sites (tertiary alicyclic amines) is 1. The highest BCUT2D eigenvalue weighted by atomic mass is 35.5. The Kier molecular flexibility index (Phi) is 3.38. The molecule has 1 amide bonds. The zero-order valence-electron chi connectivity index (χ0n) is 9.74. The first-order valence-electron chi connectivity index (χ1n) is 5.82. The third-order valence-electron chi connectivity index (χ3n) is 3.39. The molecule has 2 aliphatic rings. The van der Waals surface area contributed by atoms with E-state index in [9.17, 15) is 4.79 Å². The monoisotopic (exact) mass is 238 g/mol. The molecule has 0 saturated carbocycles. The van der Waals surface area contributed by atoms with Crippen LogP contribution in [0.4, 0.5) is 0 Å². The Bertz CT molecular complexity index is 349. The van der Waals surface area contributed by atoms with Crippen molar-refractivity contribution >= 4 is 17.5 Å². The molecule has 1 radical (unpaired) electrons. The summed E-state index contributed by atoms with van der Waals surface area (Å²) in [4.78, 5) is 14.3. The fourth-order valence-corrected chi connectivity index (χ4v) is 2.57. The van der Waals surface area contributed by atoms with Crippen LogP contribution in [0.25, 0.3) is 0 Å². The predicted molar refractivity (Wildman–Crippen MR) is 65.9 cm³/mol. The molecule has 1 aliphatic carbocycles. The number of carbonyl (C=O) groups excluding carboxylic acids is 1. The second-order valence-corrected chi connectivity index (χ2v) is 5.12. The molecule has 16 heavy (non-hydrogen) atoms. The van der Waals surface area contributed by atoms with Crippen LogP contribution >= 0.6 is 11.6 Å². The normalized spacial score (nSPS) is 30.1. The van der Waals surface area contributed by atoms with Gasteiger partial charge in [0.05, 0.1) is 0 Å². The summed E-state index contributed by atoms with van der Waals surface area (Å²) >= 11 is 5.86. The van der Waals surface area contributed by atoms with Crippen LogP contribution in [-0.2, 0) is 4.79 Å². The summed E-state index contributed by atoms with van der Waals surface area (Å²) in [7, 11) is 0. The molecule has 1 fully saturated rings. The highest BCUT2D eigenvalue weighted by molar-refractivity contribution is 6.30. The van der Waals surface area contributed by atoms with Crippen molar-refractivity contribution in [2.75, 3.05) is 0 Å². The number of hydrogen-bond donors (Lipinski definition) is 0. The second-order valence-electron chi connectivity index (χ2n) is 4.63. The minimum Gasteiger partial charge on any atom is -0.334 e. The first kappa shape index (κ1) is 11.7. The number of halogens is 1. The zero-order chi connectivity index (χ0) is 11.7. The first-order chi connectivity index (χ1) is 7.59. The molecular weight excluding hydrogens is 222 g/mol. The van der Waals surface area contributed by atoms with Crippen molar-refractivity contribution in [1.29, 1.82) is 0 Å². The lowest BCUT2D eigenvalue weighted by molar-refractivity contribution is -0.129. The van der Waals surface area contributed by atoms with E-state index in [0.29, 0.717) is 18.5 Å². The molecule has 0 aromatic carbocycles. The van der Waals surface area contributed by atoms with Crippen LogP contribution < -0.4 is 0 Å². The van der Waals surface area contributed by atoms with E-state index in [1.54, 1.807) is 0 Å². The molecule has 0 spiro atoms. The topological polar surface area (TPSA) is 20.3 Å². The quantitative estimate of drug-likeness (QED) is 0.688. The number of carbonyl (C=O) groups is 1. The molecule has 1 saturated heterocycles. The third kappa shape index (κ3) is 2.17. The lowest BCUT2D eigenvalue weighted by atomic mass is 10.0. The molecule has 2 rings (SSSR count). The van der Waals surface area contributed by atoms with E-state index in [-0.39, 0.29) is 5.91 Å². The van der Waals surface area contributed by atoms with Crippen LogP contribution in [0.1, 0.15) is 33.1 Å². The van der Waals surface area contributed by atoms with Crippen molar-refractivity contribution in [3.63, 3.8) is 0 Å². The number of allylic oxidation sites excluding steroid dienone is 3. The fourth-order valence-electron chi connectivity index (χ4n) is 2.43. The van der Waals surface area contributed by atoms with E-state index < -0.39 is 0 Å². The van der Waals surface area contributed by atoms with Gasteiger partial charge >= 0.3 is 0 Å². The van der Waals surface area contributed by atoms with Crippen molar-refractivity contribution in [3.8, 4) is 0 Å². The van der Waals surface area contributed by atoms with Crippen molar-refractivity contribution in [1.82, 2.24) is 4.90 Å². The predicted octanol–water partition coefficient (Wildman–Crippen LogP) is 3.04. The molecule has 2 unspecified atom stereocenters. The van der Waals surface area contributed by atoms with Gasteiger partial charge in [-0.25, -0.2) is 0 Å². The minimum absolute atomic E-state index is 0.151. The number of hydrogen-bond acceptors (Lipinski definition) is 1. The maximum absolute atomic E-state index is 12.3. The maximum atomic E-state index is 12.3. The van der Waals surface area contributed by atoms with E-state index >= 15 is 0 Å². The van der Waals surface area contributed by atoms with Crippen molar-refractivity contribution < 1.29 is 4.79 Å². The van der Waals surface area contributed by atoms with Gasteiger partial charge in [-0.1, -0.05) is 17.7 Å². The van der Waals surface area contributed by atoms with E-state index in [4.69, 9.17) is 11.6 Å². The van der Waals surface area contributed by atoms with E-state index in [0.717, 1.165) is 23.4 Å². The number of rotatable bonds is 1. The van der Waals surface area contributed by atoms with Gasteiger partial charge in [-0.05, 0) is 39.2 Å². The molecule has 0 bridgehead atoms. The van der Waals surface area contributed by atoms with Gasteiger partial charge in [0.15, 0.2) is 0 Å². The molecule has 3 heteroatoms. The maximum Gasteiger partial charge on any atom is 0.250 e. The van der Waals surface area contributed by atoms with Crippen LogP contribution in [0.2, 0.25) is 0 Å². The van der Waals surface area contributed by atoms with Gasteiger partial charge in [0.2, 0.25) is 0 Å². The van der Waals surface area contributed by atoms with Gasteiger partial charge in [0.1, 0.15) is 0 Å². The lowest BCUT2D eigenvalue weighted by Gasteiger charge is -2.28. The molecule has 0 aromatic heterocycles. The van der Waals surface area contributed by atoms with Crippen molar-refractivity contribution in [3.05, 3.63) is 29.2 Å². The Labute approximate surface area is 102 Å². The summed E-state index contributed by atoms with van der Waals surface area (Å²) in [6.07, 6.45) is 8.46. The molecular formula is C13H17ClNO. The van der Waals surface area contributed by atoms with E-state index in [1.165, 1.54) is 0 Å². The third-order valence-corrected chi connectivity index (χ3v) is 3.67. The summed E-state index contributed by atoms with van der Waals surface area (Å²) in [5.74, 6) is 0.151. The van der Waals surface area contributed by atoms with Crippen LogP contribution in [0.5, 0.6) is 0 Å². The Morgan fingerprint density at radius 3 is 2.44 bits per heavy atom. The average molecular weight is 239 g/mol. The van der Waals surface area contributed by atoms with Crippen LogP contribution in [0.15, 0.2) is 22.8 Å². The molecule has 0 aromatic rings. The van der Waals surface area contributed by atoms with E-state index in [2.05, 4.69) is 13.8 Å². The van der Waals surface area contributed by atoms with Crippen LogP contribution in [0, 0.1) is 6.42 Å². The fraction of sp³-hybridized carbons (Fsp3) is 0.538. The van der Waals surface area contributed by atoms with Gasteiger partial charge in [0.25, 0.3) is 5.91 Å². The largest absolute Gasteiger partial charge is 0.334 e. The average Bonchev–Trinajstić information content (AvgIpc) is 2.59. The molecule has 1 aliphatic heterocycles. The second kappa shape index (κ2) is 4.62. The van der Waals surface area contributed by atoms with Gasteiger partial charge in [-0.3, -0.25) is 4.79 Å². The Balaban J connectivity index is 2.13. The van der Waals surface area contributed by atoms with E-state index in [1.807, 2.05) is 23.5 Å². The Morgan fingerprint density at radius 1 is 1.31 bits per heavy atom. The summed E-state index contributed by atoms with van der Waals surface area (Å²) in [5, 5.41) is 0.791. The minimum atomic E-state index is 0.151. The highest BCUT2D eigenvalue weighted by Crippen LogP contribution is 2.28. The summed E-state index contributed by atoms with van der Waals surface area (Å²) < 4.78 is 0. The van der Waals surface area contributed by atoms with Gasteiger partial charge in [0, 0.05) is 29.1 Å². The first-order valence-corrected chi connectivity index (χ1v) is 6.19. The lowest BCUT2D eigenvalue weighted by Crippen LogP contribution is -2.39. The van der Waals surface area contributed by atoms with Crippen molar-refractivity contribution in [2.24, 2.45) is 0 Å². The van der Waals surface area contributed by atoms with Crippen LogP contribution in [0.3, 0.4) is 0 Å². The molecule has 0 N–H and O–H groups in total. The SMILES string of the molecule is CC1CCC(C)N1C(=O)C1=CC=C(Cl)C[CH]1. The molecule has 2 nitrogen and oxygen atoms in total. The van der Waals surface area contributed by atoms with Crippen LogP contribution in [-0.4, -0.2) is 22.9 Å². The summed E-state index contributed by atoms with van der Waals surface area (Å²) in [6.45, 7) is 4.24.